The number of hydrogen-bond donors (Lipinski definition) is 2. The predicted octanol–water partition coefficient (Wildman–Crippen LogP) is 2.76. The normalized spacial score (nSPS) is 17.0. The SMILES string of the molecule is CCC(CO)N1CCN(C(=O)Nc2ccc3ccccc3c2)CC1. The predicted molar refractivity (Wildman–Crippen MR) is 97.3 cm³/mol. The van der Waals surface area contributed by atoms with Gasteiger partial charge < -0.3 is 15.3 Å². The number of aliphatic hydroxyl groups excluding tert-OH is 1. The molecule has 2 aromatic rings. The second kappa shape index (κ2) is 7.64. The van der Waals surface area contributed by atoms with E-state index in [0.717, 1.165) is 30.6 Å². The van der Waals surface area contributed by atoms with E-state index in [-0.39, 0.29) is 18.7 Å². The van der Waals surface area contributed by atoms with Crippen molar-refractivity contribution in [2.24, 2.45) is 0 Å². The van der Waals surface area contributed by atoms with Gasteiger partial charge in [0.25, 0.3) is 0 Å². The molecule has 1 saturated heterocycles. The van der Waals surface area contributed by atoms with Gasteiger partial charge >= 0.3 is 6.03 Å². The van der Waals surface area contributed by atoms with Crippen LogP contribution in [-0.2, 0) is 0 Å². The van der Waals surface area contributed by atoms with Gasteiger partial charge in [-0.15, -0.1) is 0 Å². The third-order valence-corrected chi connectivity index (χ3v) is 4.80. The fourth-order valence-electron chi connectivity index (χ4n) is 3.26. The maximum Gasteiger partial charge on any atom is 0.321 e. The van der Waals surface area contributed by atoms with Gasteiger partial charge in [-0.3, -0.25) is 4.90 Å². The number of urea groups is 1. The zero-order valence-electron chi connectivity index (χ0n) is 14.1. The first-order valence-corrected chi connectivity index (χ1v) is 8.61. The number of nitrogens with zero attached hydrogens (tertiary/aromatic N) is 2. The van der Waals surface area contributed by atoms with Gasteiger partial charge in [0.15, 0.2) is 0 Å². The van der Waals surface area contributed by atoms with Gasteiger partial charge in [-0.05, 0) is 29.3 Å². The Balaban J connectivity index is 1.59. The van der Waals surface area contributed by atoms with Crippen LogP contribution < -0.4 is 5.32 Å². The van der Waals surface area contributed by atoms with Crippen LogP contribution in [-0.4, -0.2) is 59.8 Å². The van der Waals surface area contributed by atoms with Crippen molar-refractivity contribution >= 4 is 22.5 Å². The van der Waals surface area contributed by atoms with Crippen LogP contribution in [0.25, 0.3) is 10.8 Å². The highest BCUT2D eigenvalue weighted by atomic mass is 16.3. The Kier molecular flexibility index (Phi) is 5.33. The maximum absolute atomic E-state index is 12.5. The second-order valence-corrected chi connectivity index (χ2v) is 6.26. The maximum atomic E-state index is 12.5. The third kappa shape index (κ3) is 3.68. The summed E-state index contributed by atoms with van der Waals surface area (Å²) in [6, 6.07) is 14.2. The van der Waals surface area contributed by atoms with Gasteiger partial charge in [-0.25, -0.2) is 4.79 Å². The number of carbonyl (C=O) groups is 1. The highest BCUT2D eigenvalue weighted by Crippen LogP contribution is 2.19. The molecule has 2 amide bonds. The summed E-state index contributed by atoms with van der Waals surface area (Å²) >= 11 is 0. The number of nitrogens with one attached hydrogen (secondary N) is 1. The fraction of sp³-hybridized carbons (Fsp3) is 0.421. The van der Waals surface area contributed by atoms with Crippen molar-refractivity contribution in [3.8, 4) is 0 Å². The zero-order chi connectivity index (χ0) is 16.9. The molecule has 1 aliphatic rings. The lowest BCUT2D eigenvalue weighted by Gasteiger charge is -2.38. The van der Waals surface area contributed by atoms with Gasteiger partial charge in [0, 0.05) is 37.9 Å². The number of fused-ring (bicyclic) bond motifs is 1. The van der Waals surface area contributed by atoms with Crippen LogP contribution in [0.5, 0.6) is 0 Å². The Morgan fingerprint density at radius 1 is 1.12 bits per heavy atom. The highest BCUT2D eigenvalue weighted by molar-refractivity contribution is 5.93. The molecule has 5 heteroatoms. The molecule has 5 nitrogen and oxygen atoms in total. The molecular formula is C19H25N3O2. The molecule has 3 rings (SSSR count). The average molecular weight is 327 g/mol. The van der Waals surface area contributed by atoms with E-state index in [1.807, 2.05) is 41.3 Å². The van der Waals surface area contributed by atoms with Crippen molar-refractivity contribution in [1.82, 2.24) is 9.80 Å². The number of piperazine rings is 1. The molecule has 128 valence electrons. The van der Waals surface area contributed by atoms with E-state index in [4.69, 9.17) is 0 Å². The van der Waals surface area contributed by atoms with E-state index in [1.54, 1.807) is 0 Å². The molecule has 0 spiro atoms. The molecule has 1 aliphatic heterocycles. The molecule has 2 aromatic carbocycles. The van der Waals surface area contributed by atoms with Crippen LogP contribution >= 0.6 is 0 Å². The van der Waals surface area contributed by atoms with Crippen LogP contribution in [0.3, 0.4) is 0 Å². The number of carbonyl (C=O) groups excluding carboxylic acids is 1. The minimum absolute atomic E-state index is 0.0537. The van der Waals surface area contributed by atoms with Crippen molar-refractivity contribution in [2.75, 3.05) is 38.1 Å². The smallest absolute Gasteiger partial charge is 0.321 e. The molecule has 0 saturated carbocycles. The van der Waals surface area contributed by atoms with E-state index < -0.39 is 0 Å². The lowest BCUT2D eigenvalue weighted by atomic mass is 10.1. The van der Waals surface area contributed by atoms with Gasteiger partial charge in [0.1, 0.15) is 0 Å². The lowest BCUT2D eigenvalue weighted by molar-refractivity contribution is 0.0766. The minimum atomic E-state index is -0.0537. The summed E-state index contributed by atoms with van der Waals surface area (Å²) in [6.45, 7) is 5.26. The summed E-state index contributed by atoms with van der Waals surface area (Å²) in [4.78, 5) is 16.6. The summed E-state index contributed by atoms with van der Waals surface area (Å²) < 4.78 is 0. The van der Waals surface area contributed by atoms with Crippen LogP contribution in [0.2, 0.25) is 0 Å². The molecule has 1 atom stereocenters. The Hall–Kier alpha value is -2.11. The van der Waals surface area contributed by atoms with Crippen LogP contribution in [0.4, 0.5) is 10.5 Å². The summed E-state index contributed by atoms with van der Waals surface area (Å²) in [7, 11) is 0. The number of amides is 2. The number of benzene rings is 2. The quantitative estimate of drug-likeness (QED) is 0.908. The summed E-state index contributed by atoms with van der Waals surface area (Å²) in [5.74, 6) is 0. The minimum Gasteiger partial charge on any atom is -0.395 e. The highest BCUT2D eigenvalue weighted by Gasteiger charge is 2.24. The van der Waals surface area contributed by atoms with Gasteiger partial charge in [0.2, 0.25) is 0 Å². The molecule has 2 N–H and O–H groups in total. The molecule has 1 heterocycles. The van der Waals surface area contributed by atoms with Crippen molar-refractivity contribution in [3.05, 3.63) is 42.5 Å². The van der Waals surface area contributed by atoms with Crippen LogP contribution in [0, 0.1) is 0 Å². The molecule has 1 unspecified atom stereocenters. The van der Waals surface area contributed by atoms with Crippen LogP contribution in [0.15, 0.2) is 42.5 Å². The van der Waals surface area contributed by atoms with Crippen LogP contribution in [0.1, 0.15) is 13.3 Å². The molecule has 1 fully saturated rings. The van der Waals surface area contributed by atoms with Crippen molar-refractivity contribution in [1.29, 1.82) is 0 Å². The topological polar surface area (TPSA) is 55.8 Å². The largest absolute Gasteiger partial charge is 0.395 e. The fourth-order valence-corrected chi connectivity index (χ4v) is 3.26. The second-order valence-electron chi connectivity index (χ2n) is 6.26. The first kappa shape index (κ1) is 16.7. The molecular weight excluding hydrogens is 302 g/mol. The first-order valence-electron chi connectivity index (χ1n) is 8.61. The average Bonchev–Trinajstić information content (AvgIpc) is 2.63. The van der Waals surface area contributed by atoms with Crippen molar-refractivity contribution in [3.63, 3.8) is 0 Å². The summed E-state index contributed by atoms with van der Waals surface area (Å²) in [5, 5.41) is 14.7. The van der Waals surface area contributed by atoms with E-state index in [0.29, 0.717) is 13.1 Å². The number of anilines is 1. The van der Waals surface area contributed by atoms with Gasteiger partial charge in [-0.1, -0.05) is 37.3 Å². The number of aliphatic hydroxyl groups is 1. The van der Waals surface area contributed by atoms with Gasteiger partial charge in [-0.2, -0.15) is 0 Å². The summed E-state index contributed by atoms with van der Waals surface area (Å²) in [5.41, 5.74) is 0.822. The van der Waals surface area contributed by atoms with E-state index in [1.165, 1.54) is 5.39 Å². The van der Waals surface area contributed by atoms with Crippen molar-refractivity contribution < 1.29 is 9.90 Å². The van der Waals surface area contributed by atoms with Crippen molar-refractivity contribution in [2.45, 2.75) is 19.4 Å². The van der Waals surface area contributed by atoms with E-state index >= 15 is 0 Å². The molecule has 0 aliphatic carbocycles. The summed E-state index contributed by atoms with van der Waals surface area (Å²) in [6.07, 6.45) is 0.930. The molecule has 0 aromatic heterocycles. The Morgan fingerprint density at radius 2 is 1.83 bits per heavy atom. The molecule has 24 heavy (non-hydrogen) atoms. The number of rotatable bonds is 4. The number of hydrogen-bond acceptors (Lipinski definition) is 3. The lowest BCUT2D eigenvalue weighted by Crippen LogP contribution is -2.53. The Labute approximate surface area is 142 Å². The zero-order valence-corrected chi connectivity index (χ0v) is 14.1. The molecule has 0 radical (unpaired) electrons. The third-order valence-electron chi connectivity index (χ3n) is 4.80. The van der Waals surface area contributed by atoms with E-state index in [9.17, 15) is 9.90 Å². The van der Waals surface area contributed by atoms with Gasteiger partial charge in [0.05, 0.1) is 6.61 Å². The van der Waals surface area contributed by atoms with E-state index in [2.05, 4.69) is 23.2 Å². The first-order chi connectivity index (χ1) is 11.7. The Bertz CT molecular complexity index is 692. The molecule has 0 bridgehead atoms. The monoisotopic (exact) mass is 327 g/mol. The Morgan fingerprint density at radius 3 is 2.50 bits per heavy atom. The standard InChI is InChI=1S/C19H25N3O2/c1-2-18(14-23)21-9-11-22(12-10-21)19(24)20-17-8-7-15-5-3-4-6-16(15)13-17/h3-8,13,18,23H,2,9-12,14H2,1H3,(H,20,24).